The predicted molar refractivity (Wildman–Crippen MR) is 89.4 cm³/mol. The van der Waals surface area contributed by atoms with E-state index in [9.17, 15) is 9.59 Å². The highest BCUT2D eigenvalue weighted by Gasteiger charge is 2.11. The molecule has 0 fully saturated rings. The van der Waals surface area contributed by atoms with E-state index in [2.05, 4.69) is 42.5 Å². The minimum absolute atomic E-state index is 0.239. The van der Waals surface area contributed by atoms with E-state index >= 15 is 0 Å². The molecule has 2 aromatic rings. The topological polar surface area (TPSA) is 84.2 Å². The molecule has 3 amide bonds. The van der Waals surface area contributed by atoms with Crippen molar-refractivity contribution in [3.63, 3.8) is 0 Å². The number of nitrogens with two attached hydrogens (primary N) is 1. The zero-order valence-electron chi connectivity index (χ0n) is 10.7. The first-order valence-corrected chi connectivity index (χ1v) is 7.47. The third-order valence-electron chi connectivity index (χ3n) is 2.58. The standard InChI is InChI=1S/C14H11Br2N3O2/c15-8-2-1-3-10(6-8)18-14(21)19-12-7-9(16)4-5-11(12)13(17)20/h1-7H,(H2,17,20)(H2,18,19,21). The van der Waals surface area contributed by atoms with E-state index in [1.54, 1.807) is 36.4 Å². The van der Waals surface area contributed by atoms with Crippen molar-refractivity contribution in [2.75, 3.05) is 10.6 Å². The summed E-state index contributed by atoms with van der Waals surface area (Å²) in [5.74, 6) is -0.611. The maximum absolute atomic E-state index is 12.0. The summed E-state index contributed by atoms with van der Waals surface area (Å²) in [6, 6.07) is 11.5. The third kappa shape index (κ3) is 4.30. The van der Waals surface area contributed by atoms with Gasteiger partial charge in [0.2, 0.25) is 0 Å². The van der Waals surface area contributed by atoms with E-state index in [1.165, 1.54) is 0 Å². The number of carbonyl (C=O) groups is 2. The number of benzene rings is 2. The summed E-state index contributed by atoms with van der Waals surface area (Å²) in [5.41, 5.74) is 6.48. The van der Waals surface area contributed by atoms with Crippen LogP contribution in [-0.4, -0.2) is 11.9 Å². The summed E-state index contributed by atoms with van der Waals surface area (Å²) in [4.78, 5) is 23.3. The fraction of sp³-hybridized carbons (Fsp3) is 0. The van der Waals surface area contributed by atoms with E-state index in [4.69, 9.17) is 5.73 Å². The minimum atomic E-state index is -0.611. The van der Waals surface area contributed by atoms with Gasteiger partial charge in [0, 0.05) is 14.6 Å². The van der Waals surface area contributed by atoms with Crippen molar-refractivity contribution in [3.8, 4) is 0 Å². The number of carbonyl (C=O) groups excluding carboxylic acids is 2. The van der Waals surface area contributed by atoms with E-state index in [-0.39, 0.29) is 5.56 Å². The highest BCUT2D eigenvalue weighted by atomic mass is 79.9. The van der Waals surface area contributed by atoms with E-state index in [0.29, 0.717) is 11.4 Å². The van der Waals surface area contributed by atoms with Crippen LogP contribution in [0.15, 0.2) is 51.4 Å². The molecule has 0 radical (unpaired) electrons. The minimum Gasteiger partial charge on any atom is -0.366 e. The molecule has 0 bridgehead atoms. The number of amides is 3. The molecule has 0 aliphatic rings. The highest BCUT2D eigenvalue weighted by Crippen LogP contribution is 2.22. The third-order valence-corrected chi connectivity index (χ3v) is 3.56. The smallest absolute Gasteiger partial charge is 0.323 e. The van der Waals surface area contributed by atoms with Crippen molar-refractivity contribution in [1.29, 1.82) is 0 Å². The van der Waals surface area contributed by atoms with Crippen LogP contribution < -0.4 is 16.4 Å². The average molecular weight is 413 g/mol. The van der Waals surface area contributed by atoms with Crippen molar-refractivity contribution in [3.05, 3.63) is 57.0 Å². The molecule has 5 nitrogen and oxygen atoms in total. The average Bonchev–Trinajstić information content (AvgIpc) is 2.38. The molecule has 0 unspecified atom stereocenters. The first-order valence-electron chi connectivity index (χ1n) is 5.88. The maximum Gasteiger partial charge on any atom is 0.323 e. The number of anilines is 2. The van der Waals surface area contributed by atoms with Crippen molar-refractivity contribution in [2.45, 2.75) is 0 Å². The summed E-state index contributed by atoms with van der Waals surface area (Å²) < 4.78 is 1.57. The Hall–Kier alpha value is -1.86. The fourth-order valence-electron chi connectivity index (χ4n) is 1.69. The van der Waals surface area contributed by atoms with Gasteiger partial charge >= 0.3 is 6.03 Å². The molecule has 0 saturated heterocycles. The monoisotopic (exact) mass is 411 g/mol. The summed E-state index contributed by atoms with van der Waals surface area (Å²) in [6.45, 7) is 0. The molecular weight excluding hydrogens is 402 g/mol. The Bertz CT molecular complexity index is 704. The molecule has 2 aromatic carbocycles. The fourth-order valence-corrected chi connectivity index (χ4v) is 2.45. The van der Waals surface area contributed by atoms with E-state index in [1.807, 2.05) is 6.07 Å². The lowest BCUT2D eigenvalue weighted by molar-refractivity contribution is 0.100. The van der Waals surface area contributed by atoms with Crippen molar-refractivity contribution in [1.82, 2.24) is 0 Å². The zero-order chi connectivity index (χ0) is 15.4. The Kier molecular flexibility index (Phi) is 4.98. The molecule has 0 aromatic heterocycles. The van der Waals surface area contributed by atoms with Crippen LogP contribution >= 0.6 is 31.9 Å². The number of primary amides is 1. The number of rotatable bonds is 3. The Balaban J connectivity index is 2.16. The van der Waals surface area contributed by atoms with Gasteiger partial charge in [-0.05, 0) is 36.4 Å². The van der Waals surface area contributed by atoms with Gasteiger partial charge in [-0.25, -0.2) is 4.79 Å². The van der Waals surface area contributed by atoms with Crippen LogP contribution in [0.2, 0.25) is 0 Å². The van der Waals surface area contributed by atoms with Crippen molar-refractivity contribution < 1.29 is 9.59 Å². The second kappa shape index (κ2) is 6.73. The molecule has 2 rings (SSSR count). The summed E-state index contributed by atoms with van der Waals surface area (Å²) >= 11 is 6.60. The Morgan fingerprint density at radius 2 is 1.67 bits per heavy atom. The lowest BCUT2D eigenvalue weighted by atomic mass is 10.1. The first-order chi connectivity index (χ1) is 9.95. The lowest BCUT2D eigenvalue weighted by Crippen LogP contribution is -2.22. The van der Waals surface area contributed by atoms with E-state index in [0.717, 1.165) is 8.95 Å². The van der Waals surface area contributed by atoms with Gasteiger partial charge in [0.05, 0.1) is 11.3 Å². The summed E-state index contributed by atoms with van der Waals surface area (Å²) in [7, 11) is 0. The van der Waals surface area contributed by atoms with Gasteiger partial charge in [0.15, 0.2) is 0 Å². The molecule has 0 heterocycles. The second-order valence-corrected chi connectivity index (χ2v) is 5.97. The Morgan fingerprint density at radius 1 is 0.952 bits per heavy atom. The van der Waals surface area contributed by atoms with Crippen LogP contribution in [0.25, 0.3) is 0 Å². The normalized spacial score (nSPS) is 10.0. The van der Waals surface area contributed by atoms with Crippen LogP contribution in [0.4, 0.5) is 16.2 Å². The number of urea groups is 1. The Morgan fingerprint density at radius 3 is 2.33 bits per heavy atom. The highest BCUT2D eigenvalue weighted by molar-refractivity contribution is 9.10. The number of hydrogen-bond donors (Lipinski definition) is 3. The number of hydrogen-bond acceptors (Lipinski definition) is 2. The maximum atomic E-state index is 12.0. The molecule has 0 spiro atoms. The van der Waals surface area contributed by atoms with Gasteiger partial charge in [-0.15, -0.1) is 0 Å². The van der Waals surface area contributed by atoms with Crippen molar-refractivity contribution >= 4 is 55.2 Å². The van der Waals surface area contributed by atoms with Crippen LogP contribution in [0.5, 0.6) is 0 Å². The number of nitrogens with one attached hydrogen (secondary N) is 2. The molecule has 0 aliphatic heterocycles. The molecule has 21 heavy (non-hydrogen) atoms. The second-order valence-electron chi connectivity index (χ2n) is 4.14. The predicted octanol–water partition coefficient (Wildman–Crippen LogP) is 3.95. The van der Waals surface area contributed by atoms with Crippen molar-refractivity contribution in [2.24, 2.45) is 5.73 Å². The van der Waals surface area contributed by atoms with Crippen LogP contribution in [0.3, 0.4) is 0 Å². The largest absolute Gasteiger partial charge is 0.366 e. The quantitative estimate of drug-likeness (QED) is 0.712. The van der Waals surface area contributed by atoms with Gasteiger partial charge < -0.3 is 16.4 Å². The first kappa shape index (κ1) is 15.5. The molecule has 0 saturated carbocycles. The molecule has 4 N–H and O–H groups in total. The lowest BCUT2D eigenvalue weighted by Gasteiger charge is -2.11. The summed E-state index contributed by atoms with van der Waals surface area (Å²) in [5, 5.41) is 5.27. The Labute approximate surface area is 138 Å². The SMILES string of the molecule is NC(=O)c1ccc(Br)cc1NC(=O)Nc1cccc(Br)c1. The zero-order valence-corrected chi connectivity index (χ0v) is 13.9. The van der Waals surface area contributed by atoms with Gasteiger partial charge in [-0.2, -0.15) is 0 Å². The van der Waals surface area contributed by atoms with Gasteiger partial charge in [0.1, 0.15) is 0 Å². The molecule has 0 atom stereocenters. The van der Waals surface area contributed by atoms with Crippen LogP contribution in [0, 0.1) is 0 Å². The number of halogens is 2. The van der Waals surface area contributed by atoms with Gasteiger partial charge in [-0.1, -0.05) is 37.9 Å². The molecule has 0 aliphatic carbocycles. The molecular formula is C14H11Br2N3O2. The summed E-state index contributed by atoms with van der Waals surface area (Å²) in [6.07, 6.45) is 0. The van der Waals surface area contributed by atoms with E-state index < -0.39 is 11.9 Å². The van der Waals surface area contributed by atoms with Crippen LogP contribution in [-0.2, 0) is 0 Å². The van der Waals surface area contributed by atoms with Gasteiger partial charge in [-0.3, -0.25) is 4.79 Å². The molecule has 7 heteroatoms. The molecule has 108 valence electrons. The van der Waals surface area contributed by atoms with Crippen LogP contribution in [0.1, 0.15) is 10.4 Å². The van der Waals surface area contributed by atoms with Gasteiger partial charge in [0.25, 0.3) is 5.91 Å².